The molecule has 0 aromatic heterocycles. The lowest BCUT2D eigenvalue weighted by Gasteiger charge is -2.32. The molecule has 0 saturated carbocycles. The molecule has 0 saturated heterocycles. The fourth-order valence-corrected chi connectivity index (χ4v) is 4.06. The summed E-state index contributed by atoms with van der Waals surface area (Å²) in [7, 11) is -0.467. The van der Waals surface area contributed by atoms with Crippen molar-refractivity contribution in [2.75, 3.05) is 27.3 Å². The second-order valence-electron chi connectivity index (χ2n) is 7.01. The van der Waals surface area contributed by atoms with Gasteiger partial charge in [0.1, 0.15) is 0 Å². The number of nitrogens with one attached hydrogen (secondary N) is 1. The molecule has 0 bridgehead atoms. The summed E-state index contributed by atoms with van der Waals surface area (Å²) in [5, 5.41) is 8.56. The van der Waals surface area contributed by atoms with Gasteiger partial charge >= 0.3 is 0 Å². The Bertz CT molecular complexity index is 1040. The normalized spacial score (nSPS) is 13.8. The van der Waals surface area contributed by atoms with Crippen molar-refractivity contribution in [1.29, 1.82) is 0 Å². The average molecular weight is 560 g/mol. The molecule has 0 radical (unpaired) electrons. The number of ether oxygens (including phenoxy) is 2. The summed E-state index contributed by atoms with van der Waals surface area (Å²) in [4.78, 5) is 6.99. The number of benzene rings is 2. The number of primary sulfonamides is 1. The maximum Gasteiger partial charge on any atom is 0.238 e. The van der Waals surface area contributed by atoms with E-state index >= 15 is 0 Å². The van der Waals surface area contributed by atoms with Crippen LogP contribution in [0.4, 0.5) is 0 Å². The van der Waals surface area contributed by atoms with Gasteiger partial charge in [-0.25, -0.2) is 18.5 Å². The fraction of sp³-hybridized carbons (Fsp3) is 0.381. The van der Waals surface area contributed by atoms with Gasteiger partial charge in [-0.15, -0.1) is 24.0 Å². The molecule has 0 aliphatic carbocycles. The van der Waals surface area contributed by atoms with Crippen LogP contribution in [-0.4, -0.2) is 46.6 Å². The summed E-state index contributed by atoms with van der Waals surface area (Å²) in [6, 6.07) is 10.6. The Morgan fingerprint density at radius 3 is 2.45 bits per heavy atom. The monoisotopic (exact) mass is 560 g/mol. The molecule has 2 aromatic carbocycles. The Morgan fingerprint density at radius 2 is 1.84 bits per heavy atom. The molecule has 31 heavy (non-hydrogen) atoms. The van der Waals surface area contributed by atoms with Gasteiger partial charge in [-0.1, -0.05) is 12.1 Å². The van der Waals surface area contributed by atoms with Gasteiger partial charge in [0.05, 0.1) is 25.7 Å². The smallest absolute Gasteiger partial charge is 0.238 e. The van der Waals surface area contributed by atoms with Gasteiger partial charge in [0.15, 0.2) is 17.5 Å². The lowest BCUT2D eigenvalue weighted by atomic mass is 9.99. The predicted molar refractivity (Wildman–Crippen MR) is 132 cm³/mol. The van der Waals surface area contributed by atoms with Crippen molar-refractivity contribution in [3.63, 3.8) is 0 Å². The van der Waals surface area contributed by atoms with Crippen LogP contribution in [-0.2, 0) is 29.5 Å². The van der Waals surface area contributed by atoms with Crippen LogP contribution in [0.2, 0.25) is 0 Å². The van der Waals surface area contributed by atoms with Crippen LogP contribution in [0.3, 0.4) is 0 Å². The lowest BCUT2D eigenvalue weighted by molar-refractivity contribution is 0.346. The van der Waals surface area contributed by atoms with Crippen LogP contribution in [0.5, 0.6) is 11.5 Å². The number of sulfonamides is 1. The van der Waals surface area contributed by atoms with Crippen LogP contribution in [0.25, 0.3) is 0 Å². The van der Waals surface area contributed by atoms with Gasteiger partial charge in [0.25, 0.3) is 0 Å². The first-order valence-corrected chi connectivity index (χ1v) is 11.3. The number of nitrogens with zero attached hydrogens (tertiary/aromatic N) is 2. The third-order valence-corrected chi connectivity index (χ3v) is 5.90. The third-order valence-electron chi connectivity index (χ3n) is 4.99. The highest BCUT2D eigenvalue weighted by Gasteiger charge is 2.21. The maximum atomic E-state index is 11.6. The zero-order valence-corrected chi connectivity index (χ0v) is 21.1. The van der Waals surface area contributed by atoms with Crippen molar-refractivity contribution in [1.82, 2.24) is 10.2 Å². The van der Waals surface area contributed by atoms with Crippen molar-refractivity contribution in [2.24, 2.45) is 10.1 Å². The minimum atomic E-state index is -3.74. The summed E-state index contributed by atoms with van der Waals surface area (Å²) in [5.74, 6) is 2.22. The van der Waals surface area contributed by atoms with Gasteiger partial charge in [0, 0.05) is 19.6 Å². The molecule has 0 atom stereocenters. The van der Waals surface area contributed by atoms with Crippen molar-refractivity contribution >= 4 is 40.0 Å². The van der Waals surface area contributed by atoms with E-state index in [2.05, 4.69) is 10.2 Å². The maximum absolute atomic E-state index is 11.6. The van der Waals surface area contributed by atoms with Crippen LogP contribution in [0, 0.1) is 0 Å². The fourth-order valence-electron chi connectivity index (χ4n) is 3.48. The van der Waals surface area contributed by atoms with E-state index in [0.717, 1.165) is 36.8 Å². The Kier molecular flexibility index (Phi) is 8.95. The second-order valence-corrected chi connectivity index (χ2v) is 8.57. The molecule has 0 unspecified atom stereocenters. The van der Waals surface area contributed by atoms with Gasteiger partial charge in [0.2, 0.25) is 10.0 Å². The lowest BCUT2D eigenvalue weighted by Crippen LogP contribution is -2.44. The van der Waals surface area contributed by atoms with E-state index in [1.165, 1.54) is 17.2 Å². The average Bonchev–Trinajstić information content (AvgIpc) is 2.74. The third kappa shape index (κ3) is 6.23. The topological polar surface area (TPSA) is 106 Å². The van der Waals surface area contributed by atoms with Crippen LogP contribution in [0.1, 0.15) is 23.6 Å². The number of fused-ring (bicyclic) bond motifs is 1. The molecular formula is C21H29IN4O4S. The van der Waals surface area contributed by atoms with Crippen molar-refractivity contribution < 1.29 is 17.9 Å². The summed E-state index contributed by atoms with van der Waals surface area (Å²) < 4.78 is 34.0. The second kappa shape index (κ2) is 11.0. The molecule has 1 aliphatic rings. The van der Waals surface area contributed by atoms with E-state index in [1.54, 1.807) is 26.4 Å². The standard InChI is InChI=1S/C21H28N4O4S.HI/c1-4-23-21(24-13-15-6-5-7-18(10-15)30(22,26)27)25-9-8-16-11-19(28-2)20(29-3)12-17(16)14-25;/h5-7,10-12H,4,8-9,13-14H2,1-3H3,(H,23,24)(H2,22,26,27);1H. The van der Waals surface area contributed by atoms with Gasteiger partial charge in [-0.3, -0.25) is 0 Å². The Labute approximate surface area is 200 Å². The number of methoxy groups -OCH3 is 2. The summed E-state index contributed by atoms with van der Waals surface area (Å²) in [6.45, 7) is 4.60. The number of halogens is 1. The van der Waals surface area contributed by atoms with E-state index in [0.29, 0.717) is 18.8 Å². The van der Waals surface area contributed by atoms with E-state index in [-0.39, 0.29) is 28.9 Å². The molecule has 1 aliphatic heterocycles. The SMILES string of the molecule is CCNC(=NCc1cccc(S(N)(=O)=O)c1)N1CCc2cc(OC)c(OC)cc2C1.I. The van der Waals surface area contributed by atoms with E-state index in [4.69, 9.17) is 19.6 Å². The van der Waals surface area contributed by atoms with Crippen LogP contribution < -0.4 is 19.9 Å². The highest BCUT2D eigenvalue weighted by Crippen LogP contribution is 2.33. The minimum Gasteiger partial charge on any atom is -0.493 e. The Hall–Kier alpha value is -2.05. The van der Waals surface area contributed by atoms with Crippen molar-refractivity contribution in [3.05, 3.63) is 53.1 Å². The predicted octanol–water partition coefficient (Wildman–Crippen LogP) is 2.49. The molecule has 170 valence electrons. The minimum absolute atomic E-state index is 0. The summed E-state index contributed by atoms with van der Waals surface area (Å²) in [5.41, 5.74) is 3.18. The molecule has 10 heteroatoms. The Balaban J connectivity index is 0.00000341. The summed E-state index contributed by atoms with van der Waals surface area (Å²) >= 11 is 0. The first-order valence-electron chi connectivity index (χ1n) is 9.74. The highest BCUT2D eigenvalue weighted by molar-refractivity contribution is 14.0. The van der Waals surface area contributed by atoms with E-state index in [1.807, 2.05) is 25.1 Å². The van der Waals surface area contributed by atoms with Gasteiger partial charge < -0.3 is 19.7 Å². The zero-order valence-electron chi connectivity index (χ0n) is 17.9. The summed E-state index contributed by atoms with van der Waals surface area (Å²) in [6.07, 6.45) is 0.862. The molecule has 1 heterocycles. The van der Waals surface area contributed by atoms with Crippen LogP contribution >= 0.6 is 24.0 Å². The Morgan fingerprint density at radius 1 is 1.16 bits per heavy atom. The number of guanidine groups is 1. The van der Waals surface area contributed by atoms with E-state index < -0.39 is 10.0 Å². The molecule has 0 spiro atoms. The van der Waals surface area contributed by atoms with Crippen molar-refractivity contribution in [3.8, 4) is 11.5 Å². The largest absolute Gasteiger partial charge is 0.493 e. The van der Waals surface area contributed by atoms with E-state index in [9.17, 15) is 8.42 Å². The first-order chi connectivity index (χ1) is 14.4. The zero-order chi connectivity index (χ0) is 21.7. The van der Waals surface area contributed by atoms with Crippen molar-refractivity contribution in [2.45, 2.75) is 31.3 Å². The van der Waals surface area contributed by atoms with Crippen LogP contribution in [0.15, 0.2) is 46.3 Å². The number of hydrogen-bond donors (Lipinski definition) is 2. The molecule has 0 amide bonds. The number of rotatable bonds is 6. The molecule has 3 N–H and O–H groups in total. The van der Waals surface area contributed by atoms with Gasteiger partial charge in [-0.2, -0.15) is 0 Å². The number of aliphatic imine (C=N–C) groups is 1. The molecule has 0 fully saturated rings. The van der Waals surface area contributed by atoms with Gasteiger partial charge in [-0.05, 0) is 54.3 Å². The quantitative estimate of drug-likeness (QED) is 0.320. The highest BCUT2D eigenvalue weighted by atomic mass is 127. The molecule has 2 aromatic rings. The first kappa shape index (κ1) is 25.2. The number of hydrogen-bond acceptors (Lipinski definition) is 5. The molecule has 8 nitrogen and oxygen atoms in total. The molecular weight excluding hydrogens is 531 g/mol. The molecule has 3 rings (SSSR count). The number of nitrogens with two attached hydrogens (primary N) is 1.